The minimum atomic E-state index is -0.156. The maximum atomic E-state index is 10.4. The second kappa shape index (κ2) is 4.87. The van der Waals surface area contributed by atoms with Gasteiger partial charge in [-0.25, -0.2) is 0 Å². The second-order valence-electron chi connectivity index (χ2n) is 8.19. The standard InChI is InChI=1S/C19H30O/c1-13(20)19-11-4-7-18(19)17-9-8-14-5-2-3-6-15(14)16(17)10-12-19/h4,11,13-18,20H,2-3,5-10,12H2,1H3/t13?,14?,15-,16+,17+,18-,19-/m0/s1. The summed E-state index contributed by atoms with van der Waals surface area (Å²) in [5.41, 5.74) is 0.142. The summed E-state index contributed by atoms with van der Waals surface area (Å²) in [5.74, 6) is 4.75. The van der Waals surface area contributed by atoms with Crippen LogP contribution in [0.5, 0.6) is 0 Å². The van der Waals surface area contributed by atoms with Gasteiger partial charge in [-0.3, -0.25) is 0 Å². The van der Waals surface area contributed by atoms with E-state index in [0.717, 1.165) is 29.6 Å². The molecule has 4 rings (SSSR count). The van der Waals surface area contributed by atoms with Crippen LogP contribution in [0, 0.1) is 35.0 Å². The molecule has 1 N–H and O–H groups in total. The average molecular weight is 274 g/mol. The van der Waals surface area contributed by atoms with Gasteiger partial charge in [0.1, 0.15) is 0 Å². The third kappa shape index (κ3) is 1.78. The van der Waals surface area contributed by atoms with Gasteiger partial charge in [-0.2, -0.15) is 0 Å². The predicted molar refractivity (Wildman–Crippen MR) is 82.3 cm³/mol. The molecule has 0 radical (unpaired) electrons. The first-order valence-electron chi connectivity index (χ1n) is 9.08. The van der Waals surface area contributed by atoms with Crippen molar-refractivity contribution >= 4 is 0 Å². The average Bonchev–Trinajstić information content (AvgIpc) is 2.92. The smallest absolute Gasteiger partial charge is 0.0605 e. The molecular weight excluding hydrogens is 244 g/mol. The Morgan fingerprint density at radius 1 is 1.00 bits per heavy atom. The Bertz CT molecular complexity index is 399. The Hall–Kier alpha value is -0.300. The molecule has 4 aliphatic rings. The normalized spacial score (nSPS) is 52.0. The zero-order valence-corrected chi connectivity index (χ0v) is 12.9. The molecule has 0 aliphatic heterocycles. The van der Waals surface area contributed by atoms with Gasteiger partial charge >= 0.3 is 0 Å². The Balaban J connectivity index is 1.60. The molecule has 4 aliphatic carbocycles. The molecular formula is C19H30O. The van der Waals surface area contributed by atoms with E-state index in [0.29, 0.717) is 0 Å². The molecule has 0 aromatic carbocycles. The van der Waals surface area contributed by atoms with E-state index in [9.17, 15) is 5.11 Å². The zero-order valence-electron chi connectivity index (χ0n) is 12.9. The topological polar surface area (TPSA) is 20.2 Å². The third-order valence-electron chi connectivity index (χ3n) is 7.65. The zero-order chi connectivity index (χ0) is 13.7. The fourth-order valence-electron chi connectivity index (χ4n) is 6.72. The summed E-state index contributed by atoms with van der Waals surface area (Å²) in [6.07, 6.45) is 17.4. The summed E-state index contributed by atoms with van der Waals surface area (Å²) in [4.78, 5) is 0. The van der Waals surface area contributed by atoms with Crippen LogP contribution in [0.3, 0.4) is 0 Å². The summed E-state index contributed by atoms with van der Waals surface area (Å²) >= 11 is 0. The van der Waals surface area contributed by atoms with Crippen molar-refractivity contribution in [3.63, 3.8) is 0 Å². The van der Waals surface area contributed by atoms with Crippen LogP contribution in [0.25, 0.3) is 0 Å². The Labute approximate surface area is 123 Å². The summed E-state index contributed by atoms with van der Waals surface area (Å²) in [5, 5.41) is 10.4. The SMILES string of the molecule is CC(O)[C@@]12C=CC[C@H]1[C@@H]1CCC3CCCC[C@@H]3[C@H]1CC2. The Morgan fingerprint density at radius 2 is 1.85 bits per heavy atom. The van der Waals surface area contributed by atoms with E-state index in [4.69, 9.17) is 0 Å². The van der Waals surface area contributed by atoms with Crippen molar-refractivity contribution in [1.82, 2.24) is 0 Å². The van der Waals surface area contributed by atoms with E-state index >= 15 is 0 Å². The molecule has 0 heterocycles. The van der Waals surface area contributed by atoms with Crippen LogP contribution in [-0.4, -0.2) is 11.2 Å². The fourth-order valence-corrected chi connectivity index (χ4v) is 6.72. The van der Waals surface area contributed by atoms with E-state index in [1.807, 2.05) is 6.92 Å². The number of fused-ring (bicyclic) bond motifs is 5. The second-order valence-corrected chi connectivity index (χ2v) is 8.19. The largest absolute Gasteiger partial charge is 0.393 e. The number of aliphatic hydroxyl groups excluding tert-OH is 1. The van der Waals surface area contributed by atoms with E-state index in [-0.39, 0.29) is 11.5 Å². The number of aliphatic hydroxyl groups is 1. The van der Waals surface area contributed by atoms with Gasteiger partial charge in [-0.15, -0.1) is 0 Å². The van der Waals surface area contributed by atoms with Crippen molar-refractivity contribution in [3.05, 3.63) is 12.2 Å². The van der Waals surface area contributed by atoms with Gasteiger partial charge in [-0.1, -0.05) is 31.4 Å². The molecule has 3 saturated carbocycles. The van der Waals surface area contributed by atoms with Crippen LogP contribution in [0.1, 0.15) is 64.7 Å². The highest BCUT2D eigenvalue weighted by molar-refractivity contribution is 5.18. The lowest BCUT2D eigenvalue weighted by Crippen LogP contribution is -2.50. The summed E-state index contributed by atoms with van der Waals surface area (Å²) < 4.78 is 0. The van der Waals surface area contributed by atoms with Gasteiger partial charge < -0.3 is 5.11 Å². The van der Waals surface area contributed by atoms with Crippen molar-refractivity contribution in [2.75, 3.05) is 0 Å². The predicted octanol–water partition coefficient (Wildman–Crippen LogP) is 4.56. The van der Waals surface area contributed by atoms with Crippen molar-refractivity contribution in [1.29, 1.82) is 0 Å². The maximum Gasteiger partial charge on any atom is 0.0605 e. The Morgan fingerprint density at radius 3 is 2.70 bits per heavy atom. The van der Waals surface area contributed by atoms with Gasteiger partial charge in [0, 0.05) is 5.41 Å². The van der Waals surface area contributed by atoms with Crippen molar-refractivity contribution in [3.8, 4) is 0 Å². The highest BCUT2D eigenvalue weighted by Gasteiger charge is 2.55. The maximum absolute atomic E-state index is 10.4. The first-order chi connectivity index (χ1) is 9.72. The highest BCUT2D eigenvalue weighted by Crippen LogP contribution is 2.61. The van der Waals surface area contributed by atoms with Crippen LogP contribution in [-0.2, 0) is 0 Å². The molecule has 0 aromatic heterocycles. The molecule has 0 aromatic rings. The molecule has 0 saturated heterocycles. The van der Waals surface area contributed by atoms with Crippen LogP contribution in [0.15, 0.2) is 12.2 Å². The van der Waals surface area contributed by atoms with Crippen molar-refractivity contribution in [2.45, 2.75) is 70.8 Å². The molecule has 1 heteroatoms. The van der Waals surface area contributed by atoms with Crippen molar-refractivity contribution < 1.29 is 5.11 Å². The molecule has 7 atom stereocenters. The highest BCUT2D eigenvalue weighted by atomic mass is 16.3. The monoisotopic (exact) mass is 274 g/mol. The Kier molecular flexibility index (Phi) is 3.25. The van der Waals surface area contributed by atoms with Crippen LogP contribution >= 0.6 is 0 Å². The molecule has 0 spiro atoms. The molecule has 20 heavy (non-hydrogen) atoms. The molecule has 0 amide bonds. The van der Waals surface area contributed by atoms with Gasteiger partial charge in [0.2, 0.25) is 0 Å². The van der Waals surface area contributed by atoms with Crippen molar-refractivity contribution in [2.24, 2.45) is 35.0 Å². The number of hydrogen-bond acceptors (Lipinski definition) is 1. The van der Waals surface area contributed by atoms with Crippen LogP contribution in [0.4, 0.5) is 0 Å². The quantitative estimate of drug-likeness (QED) is 0.695. The number of hydrogen-bond donors (Lipinski definition) is 1. The summed E-state index contributed by atoms with van der Waals surface area (Å²) in [6, 6.07) is 0. The molecule has 3 fully saturated rings. The molecule has 112 valence electrons. The lowest BCUT2D eigenvalue weighted by atomic mass is 9.49. The van der Waals surface area contributed by atoms with Crippen LogP contribution in [0.2, 0.25) is 0 Å². The first kappa shape index (κ1) is 13.4. The van der Waals surface area contributed by atoms with Gasteiger partial charge in [0.05, 0.1) is 6.10 Å². The lowest BCUT2D eigenvalue weighted by molar-refractivity contribution is -0.0853. The molecule has 2 unspecified atom stereocenters. The van der Waals surface area contributed by atoms with Crippen LogP contribution < -0.4 is 0 Å². The molecule has 0 bridgehead atoms. The van der Waals surface area contributed by atoms with E-state index in [1.54, 1.807) is 0 Å². The minimum Gasteiger partial charge on any atom is -0.393 e. The first-order valence-corrected chi connectivity index (χ1v) is 9.08. The summed E-state index contributed by atoms with van der Waals surface area (Å²) in [7, 11) is 0. The van der Waals surface area contributed by atoms with Gasteiger partial charge in [-0.05, 0) is 75.0 Å². The number of allylic oxidation sites excluding steroid dienone is 1. The van der Waals surface area contributed by atoms with E-state index in [2.05, 4.69) is 12.2 Å². The minimum absolute atomic E-state index is 0.142. The van der Waals surface area contributed by atoms with E-state index < -0.39 is 0 Å². The van der Waals surface area contributed by atoms with Gasteiger partial charge in [0.15, 0.2) is 0 Å². The molecule has 1 nitrogen and oxygen atoms in total. The number of rotatable bonds is 1. The van der Waals surface area contributed by atoms with Gasteiger partial charge in [0.25, 0.3) is 0 Å². The lowest BCUT2D eigenvalue weighted by Gasteiger charge is -2.56. The fraction of sp³-hybridized carbons (Fsp3) is 0.895. The third-order valence-corrected chi connectivity index (χ3v) is 7.65. The summed E-state index contributed by atoms with van der Waals surface area (Å²) in [6.45, 7) is 2.04. The van der Waals surface area contributed by atoms with E-state index in [1.165, 1.54) is 57.8 Å².